The maximum absolute atomic E-state index is 13.0. The Labute approximate surface area is 175 Å². The first-order chi connectivity index (χ1) is 14.4. The molecule has 2 bridgehead atoms. The molecule has 0 saturated heterocycles. The van der Waals surface area contributed by atoms with E-state index in [-0.39, 0.29) is 29.6 Å². The lowest BCUT2D eigenvalue weighted by molar-refractivity contribution is -0.117. The van der Waals surface area contributed by atoms with Gasteiger partial charge in [0.05, 0.1) is 6.54 Å². The normalized spacial score (nSPS) is 25.8. The zero-order valence-electron chi connectivity index (χ0n) is 17.8. The van der Waals surface area contributed by atoms with E-state index in [9.17, 15) is 14.4 Å². The maximum Gasteiger partial charge on any atom is 0.332 e. The van der Waals surface area contributed by atoms with Crippen LogP contribution < -0.4 is 22.3 Å². The summed E-state index contributed by atoms with van der Waals surface area (Å²) in [7, 11) is 0. The molecule has 2 aromatic heterocycles. The van der Waals surface area contributed by atoms with Crippen LogP contribution in [0.25, 0.3) is 11.2 Å². The zero-order valence-corrected chi connectivity index (χ0v) is 17.8. The molecule has 9 nitrogen and oxygen atoms in total. The molecule has 2 atom stereocenters. The van der Waals surface area contributed by atoms with Gasteiger partial charge in [0.15, 0.2) is 5.65 Å². The minimum absolute atomic E-state index is 0.216. The summed E-state index contributed by atoms with van der Waals surface area (Å²) in [5.41, 5.74) is 5.68. The van der Waals surface area contributed by atoms with Crippen molar-refractivity contribution in [1.82, 2.24) is 24.4 Å². The molecule has 2 unspecified atom stereocenters. The molecule has 2 aliphatic carbocycles. The predicted octanol–water partition coefficient (Wildman–Crippen LogP) is 1.05. The highest BCUT2D eigenvalue weighted by Gasteiger charge is 2.43. The summed E-state index contributed by atoms with van der Waals surface area (Å²) in [5.74, 6) is 1.65. The first-order valence-corrected chi connectivity index (χ1v) is 11.2. The molecule has 164 valence electrons. The summed E-state index contributed by atoms with van der Waals surface area (Å²) in [6.07, 6.45) is 5.67. The number of aromatic nitrogens is 4. The number of carbonyl (C=O) groups is 1. The van der Waals surface area contributed by atoms with Crippen LogP contribution in [0.15, 0.2) is 9.59 Å². The van der Waals surface area contributed by atoms with Crippen molar-refractivity contribution in [2.24, 2.45) is 17.6 Å². The first-order valence-electron chi connectivity index (χ1n) is 11.2. The van der Waals surface area contributed by atoms with Gasteiger partial charge in [-0.2, -0.15) is 0 Å². The van der Waals surface area contributed by atoms with Crippen molar-refractivity contribution in [1.29, 1.82) is 0 Å². The molecular weight excluding hydrogens is 384 g/mol. The molecule has 2 aromatic rings. The second kappa shape index (κ2) is 8.37. The van der Waals surface area contributed by atoms with Crippen LogP contribution in [0.1, 0.15) is 64.1 Å². The monoisotopic (exact) mass is 416 g/mol. The summed E-state index contributed by atoms with van der Waals surface area (Å²) in [4.78, 5) is 45.1. The average molecular weight is 417 g/mol. The van der Waals surface area contributed by atoms with Crippen LogP contribution in [0, 0.1) is 11.8 Å². The molecular formula is C21H32N6O3. The van der Waals surface area contributed by atoms with Crippen LogP contribution in [0.3, 0.4) is 0 Å². The van der Waals surface area contributed by atoms with Gasteiger partial charge in [0.2, 0.25) is 5.91 Å². The minimum Gasteiger partial charge on any atom is -0.369 e. The largest absolute Gasteiger partial charge is 0.369 e. The summed E-state index contributed by atoms with van der Waals surface area (Å²) in [6, 6.07) is 0.318. The molecule has 0 aliphatic heterocycles. The van der Waals surface area contributed by atoms with Gasteiger partial charge in [-0.3, -0.25) is 18.7 Å². The molecule has 0 aromatic carbocycles. The van der Waals surface area contributed by atoms with E-state index in [1.54, 1.807) is 4.57 Å². The quantitative estimate of drug-likeness (QED) is 0.593. The zero-order chi connectivity index (χ0) is 21.4. The molecule has 0 radical (unpaired) electrons. The van der Waals surface area contributed by atoms with Gasteiger partial charge < -0.3 is 16.0 Å². The standard InChI is InChI=1S/C21H32N6O3/c1-3-7-26-19-17(20(29)27(8-4-2)21(26)30)24-18(25-19)14-9-12-5-6-13(10-14)16(12)23-11-15(22)28/h12-14,16,23H,3-11H2,1-2H3,(H2,22,28)(H,24,25). The van der Waals surface area contributed by atoms with Crippen LogP contribution in [-0.4, -0.2) is 37.6 Å². The number of nitrogens with two attached hydrogens (primary N) is 1. The highest BCUT2D eigenvalue weighted by molar-refractivity contribution is 5.76. The summed E-state index contributed by atoms with van der Waals surface area (Å²) < 4.78 is 2.97. The van der Waals surface area contributed by atoms with E-state index in [1.807, 2.05) is 13.8 Å². The Bertz CT molecular complexity index is 1040. The van der Waals surface area contributed by atoms with Gasteiger partial charge in [0.25, 0.3) is 5.56 Å². The fraction of sp³-hybridized carbons (Fsp3) is 0.714. The molecule has 2 saturated carbocycles. The number of fused-ring (bicyclic) bond motifs is 3. The fourth-order valence-electron chi connectivity index (χ4n) is 5.53. The van der Waals surface area contributed by atoms with E-state index in [4.69, 9.17) is 10.7 Å². The van der Waals surface area contributed by atoms with Crippen molar-refractivity contribution in [2.45, 2.75) is 77.4 Å². The van der Waals surface area contributed by atoms with Gasteiger partial charge in [-0.1, -0.05) is 13.8 Å². The van der Waals surface area contributed by atoms with E-state index >= 15 is 0 Å². The first kappa shape index (κ1) is 20.8. The number of hydrogen-bond acceptors (Lipinski definition) is 5. The van der Waals surface area contributed by atoms with Gasteiger partial charge >= 0.3 is 5.69 Å². The number of primary amides is 1. The SMILES string of the molecule is CCCn1c(=O)c2[nH]c(C3CC4CCC(C3)C4NCC(N)=O)nc2n(CCC)c1=O. The van der Waals surface area contributed by atoms with Gasteiger partial charge in [-0.15, -0.1) is 0 Å². The van der Waals surface area contributed by atoms with Crippen LogP contribution >= 0.6 is 0 Å². The number of H-pyrrole nitrogens is 1. The maximum atomic E-state index is 13.0. The number of rotatable bonds is 8. The smallest absolute Gasteiger partial charge is 0.332 e. The third-order valence-corrected chi connectivity index (χ3v) is 6.77. The van der Waals surface area contributed by atoms with Gasteiger partial charge in [0, 0.05) is 25.0 Å². The molecule has 2 aliphatic rings. The molecule has 4 rings (SSSR count). The second-order valence-electron chi connectivity index (χ2n) is 8.85. The van der Waals surface area contributed by atoms with Crippen molar-refractivity contribution in [3.8, 4) is 0 Å². The number of aryl methyl sites for hydroxylation is 1. The number of carbonyl (C=O) groups excluding carboxylic acids is 1. The molecule has 0 spiro atoms. The molecule has 2 heterocycles. The Balaban J connectivity index is 1.67. The molecule has 1 amide bonds. The van der Waals surface area contributed by atoms with E-state index in [0.29, 0.717) is 42.1 Å². The Morgan fingerprint density at radius 3 is 2.37 bits per heavy atom. The topological polar surface area (TPSA) is 128 Å². The highest BCUT2D eigenvalue weighted by Crippen LogP contribution is 2.48. The van der Waals surface area contributed by atoms with E-state index in [0.717, 1.165) is 44.3 Å². The molecule has 4 N–H and O–H groups in total. The predicted molar refractivity (Wildman–Crippen MR) is 114 cm³/mol. The third-order valence-electron chi connectivity index (χ3n) is 6.77. The fourth-order valence-corrected chi connectivity index (χ4v) is 5.53. The van der Waals surface area contributed by atoms with E-state index in [2.05, 4.69) is 10.3 Å². The van der Waals surface area contributed by atoms with Crippen molar-refractivity contribution in [2.75, 3.05) is 6.54 Å². The number of nitrogens with one attached hydrogen (secondary N) is 2. The Morgan fingerprint density at radius 2 is 1.77 bits per heavy atom. The molecule has 2 fully saturated rings. The van der Waals surface area contributed by atoms with E-state index in [1.165, 1.54) is 4.57 Å². The lowest BCUT2D eigenvalue weighted by atomic mass is 9.77. The Morgan fingerprint density at radius 1 is 1.13 bits per heavy atom. The molecule has 9 heteroatoms. The Hall–Kier alpha value is -2.42. The number of imidazole rings is 1. The van der Waals surface area contributed by atoms with Crippen LogP contribution in [0.5, 0.6) is 0 Å². The summed E-state index contributed by atoms with van der Waals surface area (Å²) in [6.45, 7) is 5.14. The van der Waals surface area contributed by atoms with E-state index < -0.39 is 0 Å². The third kappa shape index (κ3) is 3.59. The van der Waals surface area contributed by atoms with Crippen molar-refractivity contribution < 1.29 is 4.79 Å². The van der Waals surface area contributed by atoms with Crippen molar-refractivity contribution >= 4 is 17.1 Å². The highest BCUT2D eigenvalue weighted by atomic mass is 16.2. The van der Waals surface area contributed by atoms with Crippen LogP contribution in [0.4, 0.5) is 0 Å². The van der Waals surface area contributed by atoms with Crippen LogP contribution in [0.2, 0.25) is 0 Å². The van der Waals surface area contributed by atoms with Crippen LogP contribution in [-0.2, 0) is 17.9 Å². The van der Waals surface area contributed by atoms with Gasteiger partial charge in [0.1, 0.15) is 11.3 Å². The lowest BCUT2D eigenvalue weighted by Gasteiger charge is -2.35. The second-order valence-corrected chi connectivity index (χ2v) is 8.85. The van der Waals surface area contributed by atoms with Gasteiger partial charge in [-0.05, 0) is 50.4 Å². The summed E-state index contributed by atoms with van der Waals surface area (Å²) in [5, 5.41) is 3.34. The number of nitrogens with zero attached hydrogens (tertiary/aromatic N) is 3. The Kier molecular flexibility index (Phi) is 5.81. The summed E-state index contributed by atoms with van der Waals surface area (Å²) >= 11 is 0. The lowest BCUT2D eigenvalue weighted by Crippen LogP contribution is -2.45. The molecule has 30 heavy (non-hydrogen) atoms. The van der Waals surface area contributed by atoms with Crippen molar-refractivity contribution in [3.05, 3.63) is 26.7 Å². The number of amides is 1. The number of aromatic amines is 1. The number of hydrogen-bond donors (Lipinski definition) is 3. The average Bonchev–Trinajstić information content (AvgIpc) is 3.25. The minimum atomic E-state index is -0.328. The van der Waals surface area contributed by atoms with Crippen molar-refractivity contribution in [3.63, 3.8) is 0 Å². The van der Waals surface area contributed by atoms with Gasteiger partial charge in [-0.25, -0.2) is 9.78 Å².